The fourth-order valence-corrected chi connectivity index (χ4v) is 1.53. The van der Waals surface area contributed by atoms with Crippen molar-refractivity contribution in [2.24, 2.45) is 5.73 Å². The lowest BCUT2D eigenvalue weighted by Gasteiger charge is -2.25. The quantitative estimate of drug-likeness (QED) is 0.501. The lowest BCUT2D eigenvalue weighted by Crippen LogP contribution is -2.48. The monoisotopic (exact) mass is 245 g/mol. The zero-order valence-corrected chi connectivity index (χ0v) is 9.95. The lowest BCUT2D eigenvalue weighted by atomic mass is 10.0. The first kappa shape index (κ1) is 13.9. The number of nitrogens with two attached hydrogens (primary N) is 1. The van der Waals surface area contributed by atoms with Gasteiger partial charge in [-0.3, -0.25) is 9.59 Å². The number of rotatable bonds is 6. The van der Waals surface area contributed by atoms with E-state index in [4.69, 9.17) is 15.2 Å². The van der Waals surface area contributed by atoms with Crippen LogP contribution in [0.5, 0.6) is 0 Å². The van der Waals surface area contributed by atoms with Gasteiger partial charge >= 0.3 is 0 Å². The summed E-state index contributed by atoms with van der Waals surface area (Å²) >= 11 is 0. The summed E-state index contributed by atoms with van der Waals surface area (Å²) in [4.78, 5) is 22.3. The van der Waals surface area contributed by atoms with Gasteiger partial charge in [0, 0.05) is 26.7 Å². The van der Waals surface area contributed by atoms with Crippen molar-refractivity contribution in [3.05, 3.63) is 0 Å². The molecule has 0 aromatic carbocycles. The van der Waals surface area contributed by atoms with Crippen LogP contribution >= 0.6 is 0 Å². The van der Waals surface area contributed by atoms with Crippen molar-refractivity contribution in [2.45, 2.75) is 12.0 Å². The average Bonchev–Trinajstić information content (AvgIpc) is 2.82. The van der Waals surface area contributed by atoms with E-state index in [1.165, 1.54) is 0 Å². The Morgan fingerprint density at radius 1 is 1.41 bits per heavy atom. The molecule has 4 N–H and O–H groups in total. The summed E-state index contributed by atoms with van der Waals surface area (Å²) < 4.78 is 10.6. The van der Waals surface area contributed by atoms with Crippen LogP contribution in [-0.4, -0.2) is 57.4 Å². The molecule has 1 fully saturated rings. The van der Waals surface area contributed by atoms with E-state index < -0.39 is 5.60 Å². The summed E-state index contributed by atoms with van der Waals surface area (Å²) in [7, 11) is 1.59. The molecule has 1 heterocycles. The molecule has 1 atom stereocenters. The highest BCUT2D eigenvalue weighted by atomic mass is 16.5. The van der Waals surface area contributed by atoms with Crippen molar-refractivity contribution in [3.63, 3.8) is 0 Å². The second kappa shape index (κ2) is 6.53. The van der Waals surface area contributed by atoms with Crippen LogP contribution < -0.4 is 16.4 Å². The highest BCUT2D eigenvalue weighted by molar-refractivity contribution is 5.85. The first-order chi connectivity index (χ1) is 8.12. The van der Waals surface area contributed by atoms with Gasteiger partial charge in [0.1, 0.15) is 5.60 Å². The van der Waals surface area contributed by atoms with Gasteiger partial charge in [0.2, 0.25) is 11.8 Å². The molecule has 17 heavy (non-hydrogen) atoms. The van der Waals surface area contributed by atoms with Gasteiger partial charge in [0.15, 0.2) is 0 Å². The average molecular weight is 245 g/mol. The summed E-state index contributed by atoms with van der Waals surface area (Å²) in [5.41, 5.74) is 4.66. The van der Waals surface area contributed by atoms with Gasteiger partial charge in [0.25, 0.3) is 0 Å². The lowest BCUT2D eigenvalue weighted by molar-refractivity contribution is -0.126. The molecule has 0 saturated carbocycles. The van der Waals surface area contributed by atoms with E-state index >= 15 is 0 Å². The SMILES string of the molecule is COC1(CNC(=O)CNC(=O)CN)CCOC1. The Kier molecular flexibility index (Phi) is 5.33. The number of carbonyl (C=O) groups excluding carboxylic acids is 2. The maximum atomic E-state index is 11.4. The van der Waals surface area contributed by atoms with Crippen molar-refractivity contribution < 1.29 is 19.1 Å². The molecule has 1 aliphatic heterocycles. The molecule has 1 saturated heterocycles. The minimum atomic E-state index is -0.437. The second-order valence-electron chi connectivity index (χ2n) is 3.95. The molecule has 0 aromatic heterocycles. The van der Waals surface area contributed by atoms with Gasteiger partial charge < -0.3 is 25.8 Å². The summed E-state index contributed by atoms with van der Waals surface area (Å²) in [6, 6.07) is 0. The molecular formula is C10H19N3O4. The van der Waals surface area contributed by atoms with Gasteiger partial charge in [-0.05, 0) is 0 Å². The molecule has 1 rings (SSSR count). The second-order valence-corrected chi connectivity index (χ2v) is 3.95. The van der Waals surface area contributed by atoms with Gasteiger partial charge in [0.05, 0.1) is 19.7 Å². The van der Waals surface area contributed by atoms with E-state index in [9.17, 15) is 9.59 Å². The summed E-state index contributed by atoms with van der Waals surface area (Å²) in [6.45, 7) is 1.28. The molecular weight excluding hydrogens is 226 g/mol. The topological polar surface area (TPSA) is 103 Å². The van der Waals surface area contributed by atoms with Gasteiger partial charge in [-0.25, -0.2) is 0 Å². The number of nitrogens with one attached hydrogen (secondary N) is 2. The fourth-order valence-electron chi connectivity index (χ4n) is 1.53. The molecule has 0 radical (unpaired) electrons. The normalized spacial score (nSPS) is 23.4. The Balaban J connectivity index is 2.25. The predicted octanol–water partition coefficient (Wildman–Crippen LogP) is -2.02. The van der Waals surface area contributed by atoms with E-state index in [0.717, 1.165) is 6.42 Å². The van der Waals surface area contributed by atoms with Crippen LogP contribution in [0, 0.1) is 0 Å². The van der Waals surface area contributed by atoms with Crippen molar-refractivity contribution in [1.29, 1.82) is 0 Å². The van der Waals surface area contributed by atoms with E-state index in [1.54, 1.807) is 7.11 Å². The maximum absolute atomic E-state index is 11.4. The molecule has 1 unspecified atom stereocenters. The van der Waals surface area contributed by atoms with Crippen LogP contribution in [-0.2, 0) is 19.1 Å². The molecule has 7 heteroatoms. The van der Waals surface area contributed by atoms with Gasteiger partial charge in [-0.1, -0.05) is 0 Å². The van der Waals surface area contributed by atoms with Crippen molar-refractivity contribution >= 4 is 11.8 Å². The van der Waals surface area contributed by atoms with E-state index in [-0.39, 0.29) is 24.9 Å². The molecule has 7 nitrogen and oxygen atoms in total. The zero-order valence-electron chi connectivity index (χ0n) is 9.95. The zero-order chi connectivity index (χ0) is 12.7. The van der Waals surface area contributed by atoms with Crippen molar-refractivity contribution in [1.82, 2.24) is 10.6 Å². The Bertz CT molecular complexity index is 277. The number of carbonyl (C=O) groups is 2. The Labute approximate surface area is 100 Å². The van der Waals surface area contributed by atoms with Gasteiger partial charge in [-0.15, -0.1) is 0 Å². The van der Waals surface area contributed by atoms with Crippen LogP contribution in [0.4, 0.5) is 0 Å². The predicted molar refractivity (Wildman–Crippen MR) is 60.2 cm³/mol. The number of hydrogen-bond donors (Lipinski definition) is 3. The van der Waals surface area contributed by atoms with Crippen LogP contribution in [0.25, 0.3) is 0 Å². The first-order valence-corrected chi connectivity index (χ1v) is 5.48. The molecule has 1 aliphatic rings. The molecule has 2 amide bonds. The van der Waals surface area contributed by atoms with Crippen LogP contribution in [0.2, 0.25) is 0 Å². The van der Waals surface area contributed by atoms with Gasteiger partial charge in [-0.2, -0.15) is 0 Å². The molecule has 0 spiro atoms. The molecule has 0 aliphatic carbocycles. The van der Waals surface area contributed by atoms with Crippen LogP contribution in [0.1, 0.15) is 6.42 Å². The molecule has 0 aromatic rings. The van der Waals surface area contributed by atoms with E-state index in [2.05, 4.69) is 10.6 Å². The van der Waals surface area contributed by atoms with E-state index in [0.29, 0.717) is 19.8 Å². The van der Waals surface area contributed by atoms with Crippen LogP contribution in [0.3, 0.4) is 0 Å². The number of amides is 2. The van der Waals surface area contributed by atoms with E-state index in [1.807, 2.05) is 0 Å². The summed E-state index contributed by atoms with van der Waals surface area (Å²) in [6.07, 6.45) is 0.749. The molecule has 0 bridgehead atoms. The minimum Gasteiger partial charge on any atom is -0.378 e. The minimum absolute atomic E-state index is 0.0727. The number of ether oxygens (including phenoxy) is 2. The van der Waals surface area contributed by atoms with Crippen molar-refractivity contribution in [2.75, 3.05) is 40.0 Å². The smallest absolute Gasteiger partial charge is 0.239 e. The first-order valence-electron chi connectivity index (χ1n) is 5.48. The maximum Gasteiger partial charge on any atom is 0.239 e. The third kappa shape index (κ3) is 4.29. The summed E-state index contributed by atoms with van der Waals surface area (Å²) in [5.74, 6) is -0.624. The largest absolute Gasteiger partial charge is 0.378 e. The third-order valence-corrected chi connectivity index (χ3v) is 2.74. The Morgan fingerprint density at radius 3 is 2.71 bits per heavy atom. The van der Waals surface area contributed by atoms with Crippen molar-refractivity contribution in [3.8, 4) is 0 Å². The third-order valence-electron chi connectivity index (χ3n) is 2.74. The molecule has 98 valence electrons. The Hall–Kier alpha value is -1.18. The highest BCUT2D eigenvalue weighted by Gasteiger charge is 2.35. The standard InChI is InChI=1S/C10H19N3O4/c1-16-10(2-3-17-7-10)6-13-9(15)5-12-8(14)4-11/h2-7,11H2,1H3,(H,12,14)(H,13,15). The fraction of sp³-hybridized carbons (Fsp3) is 0.800. The number of hydrogen-bond acceptors (Lipinski definition) is 5. The number of methoxy groups -OCH3 is 1. The van der Waals surface area contributed by atoms with Crippen LogP contribution in [0.15, 0.2) is 0 Å². The summed E-state index contributed by atoms with van der Waals surface area (Å²) in [5, 5.41) is 5.09. The highest BCUT2D eigenvalue weighted by Crippen LogP contribution is 2.21. The Morgan fingerprint density at radius 2 is 2.18 bits per heavy atom.